The summed E-state index contributed by atoms with van der Waals surface area (Å²) < 4.78 is 1.96. The maximum Gasteiger partial charge on any atom is 0.220 e. The molecule has 1 saturated heterocycles. The smallest absolute Gasteiger partial charge is 0.220 e. The summed E-state index contributed by atoms with van der Waals surface area (Å²) in [5, 5.41) is 10.8. The number of hydrogen-bond donors (Lipinski definition) is 2. The van der Waals surface area contributed by atoms with Crippen molar-refractivity contribution in [2.75, 3.05) is 13.1 Å². The molecule has 0 bridgehead atoms. The summed E-state index contributed by atoms with van der Waals surface area (Å²) >= 11 is 0. The van der Waals surface area contributed by atoms with Crippen molar-refractivity contribution in [1.29, 1.82) is 0 Å². The highest BCUT2D eigenvalue weighted by molar-refractivity contribution is 5.76. The van der Waals surface area contributed by atoms with E-state index in [0.29, 0.717) is 12.3 Å². The molecule has 0 spiro atoms. The molecule has 1 unspecified atom stereocenters. The van der Waals surface area contributed by atoms with Gasteiger partial charge >= 0.3 is 0 Å². The van der Waals surface area contributed by atoms with Crippen LogP contribution >= 0.6 is 0 Å². The van der Waals surface area contributed by atoms with Crippen molar-refractivity contribution in [2.45, 2.75) is 52.6 Å². The van der Waals surface area contributed by atoms with E-state index in [1.165, 1.54) is 0 Å². The third kappa shape index (κ3) is 4.34. The zero-order valence-corrected chi connectivity index (χ0v) is 12.8. The molecule has 112 valence electrons. The lowest BCUT2D eigenvalue weighted by Gasteiger charge is -2.23. The van der Waals surface area contributed by atoms with Crippen molar-refractivity contribution in [3.05, 3.63) is 17.5 Å². The van der Waals surface area contributed by atoms with Gasteiger partial charge < -0.3 is 10.6 Å². The second kappa shape index (κ2) is 6.88. The molecule has 1 aromatic heterocycles. The normalized spacial score (nSPS) is 17.9. The molecular formula is C15H26N4O. The van der Waals surface area contributed by atoms with E-state index in [1.54, 1.807) is 0 Å². The number of aromatic nitrogens is 2. The van der Waals surface area contributed by atoms with E-state index in [2.05, 4.69) is 21.8 Å². The number of aryl methyl sites for hydroxylation is 2. The molecule has 0 aliphatic carbocycles. The molecule has 0 saturated carbocycles. The maximum atomic E-state index is 12.0. The van der Waals surface area contributed by atoms with Gasteiger partial charge in [-0.15, -0.1) is 0 Å². The van der Waals surface area contributed by atoms with Crippen molar-refractivity contribution in [3.63, 3.8) is 0 Å². The molecule has 0 aromatic carbocycles. The van der Waals surface area contributed by atoms with Gasteiger partial charge in [-0.1, -0.05) is 0 Å². The second-order valence-electron chi connectivity index (χ2n) is 5.98. The molecule has 1 aliphatic rings. The zero-order valence-electron chi connectivity index (χ0n) is 12.8. The van der Waals surface area contributed by atoms with Crippen LogP contribution in [0.15, 0.2) is 6.07 Å². The SMILES string of the molecule is Cc1cc(C)n(CC(C)NC(=O)CC2CCNCC2)n1. The number of hydrogen-bond acceptors (Lipinski definition) is 3. The van der Waals surface area contributed by atoms with Crippen molar-refractivity contribution < 1.29 is 4.79 Å². The van der Waals surface area contributed by atoms with Gasteiger partial charge in [-0.3, -0.25) is 9.48 Å². The highest BCUT2D eigenvalue weighted by Gasteiger charge is 2.18. The van der Waals surface area contributed by atoms with E-state index in [4.69, 9.17) is 0 Å². The third-order valence-corrected chi connectivity index (χ3v) is 3.89. The average molecular weight is 278 g/mol. The number of carbonyl (C=O) groups excluding carboxylic acids is 1. The Hall–Kier alpha value is -1.36. The highest BCUT2D eigenvalue weighted by Crippen LogP contribution is 2.15. The summed E-state index contributed by atoms with van der Waals surface area (Å²) in [6.45, 7) is 8.89. The Balaban J connectivity index is 1.77. The Morgan fingerprint density at radius 2 is 2.20 bits per heavy atom. The molecular weight excluding hydrogens is 252 g/mol. The minimum Gasteiger partial charge on any atom is -0.352 e. The van der Waals surface area contributed by atoms with Gasteiger partial charge in [0.25, 0.3) is 0 Å². The van der Waals surface area contributed by atoms with Crippen LogP contribution in [0.25, 0.3) is 0 Å². The fourth-order valence-electron chi connectivity index (χ4n) is 2.85. The average Bonchev–Trinajstić information content (AvgIpc) is 2.68. The fraction of sp³-hybridized carbons (Fsp3) is 0.733. The molecule has 1 aromatic rings. The molecule has 2 heterocycles. The van der Waals surface area contributed by atoms with Gasteiger partial charge in [0.2, 0.25) is 5.91 Å². The third-order valence-electron chi connectivity index (χ3n) is 3.89. The van der Waals surface area contributed by atoms with Crippen LogP contribution in [0.4, 0.5) is 0 Å². The lowest BCUT2D eigenvalue weighted by atomic mass is 9.94. The van der Waals surface area contributed by atoms with Crippen molar-refractivity contribution in [2.24, 2.45) is 5.92 Å². The van der Waals surface area contributed by atoms with Crippen molar-refractivity contribution in [1.82, 2.24) is 20.4 Å². The van der Waals surface area contributed by atoms with Crippen LogP contribution in [0.5, 0.6) is 0 Å². The number of nitrogens with one attached hydrogen (secondary N) is 2. The number of carbonyl (C=O) groups is 1. The van der Waals surface area contributed by atoms with E-state index in [-0.39, 0.29) is 11.9 Å². The van der Waals surface area contributed by atoms with Crippen LogP contribution in [0.3, 0.4) is 0 Å². The number of piperidine rings is 1. The molecule has 2 N–H and O–H groups in total. The van der Waals surface area contributed by atoms with E-state index in [9.17, 15) is 4.79 Å². The molecule has 1 atom stereocenters. The number of amides is 1. The predicted molar refractivity (Wildman–Crippen MR) is 79.5 cm³/mol. The summed E-state index contributed by atoms with van der Waals surface area (Å²) in [6.07, 6.45) is 2.88. The first-order chi connectivity index (χ1) is 9.54. The minimum absolute atomic E-state index is 0.113. The van der Waals surface area contributed by atoms with Crippen LogP contribution < -0.4 is 10.6 Å². The molecule has 1 amide bonds. The largest absolute Gasteiger partial charge is 0.352 e. The van der Waals surface area contributed by atoms with Gasteiger partial charge in [-0.05, 0) is 58.7 Å². The summed E-state index contributed by atoms with van der Waals surface area (Å²) in [5.41, 5.74) is 2.16. The lowest BCUT2D eigenvalue weighted by molar-refractivity contribution is -0.122. The first-order valence-corrected chi connectivity index (χ1v) is 7.55. The highest BCUT2D eigenvalue weighted by atomic mass is 16.1. The number of rotatable bonds is 5. The van der Waals surface area contributed by atoms with Crippen molar-refractivity contribution >= 4 is 5.91 Å². The fourth-order valence-corrected chi connectivity index (χ4v) is 2.85. The summed E-state index contributed by atoms with van der Waals surface area (Å²) in [4.78, 5) is 12.0. The Kier molecular flexibility index (Phi) is 5.17. The number of nitrogens with zero attached hydrogens (tertiary/aromatic N) is 2. The van der Waals surface area contributed by atoms with Crippen LogP contribution in [0, 0.1) is 19.8 Å². The monoisotopic (exact) mass is 278 g/mol. The molecule has 1 aliphatic heterocycles. The Morgan fingerprint density at radius 3 is 2.80 bits per heavy atom. The van der Waals surface area contributed by atoms with Gasteiger partial charge in [0.1, 0.15) is 0 Å². The van der Waals surface area contributed by atoms with E-state index in [1.807, 2.05) is 25.5 Å². The van der Waals surface area contributed by atoms with Gasteiger partial charge in [-0.2, -0.15) is 5.10 Å². The molecule has 5 nitrogen and oxygen atoms in total. The quantitative estimate of drug-likeness (QED) is 0.856. The summed E-state index contributed by atoms with van der Waals surface area (Å²) in [7, 11) is 0. The first-order valence-electron chi connectivity index (χ1n) is 7.55. The summed E-state index contributed by atoms with van der Waals surface area (Å²) in [5.74, 6) is 0.711. The standard InChI is InChI=1S/C15H26N4O/c1-11-8-13(3)19(18-11)10-12(2)17-15(20)9-14-4-6-16-7-5-14/h8,12,14,16H,4-7,9-10H2,1-3H3,(H,17,20). The van der Waals surface area contributed by atoms with Gasteiger partial charge in [0, 0.05) is 18.2 Å². The summed E-state index contributed by atoms with van der Waals surface area (Å²) in [6, 6.07) is 2.17. The second-order valence-corrected chi connectivity index (χ2v) is 5.98. The van der Waals surface area contributed by atoms with Crippen molar-refractivity contribution in [3.8, 4) is 0 Å². The topological polar surface area (TPSA) is 59.0 Å². The molecule has 2 rings (SSSR count). The minimum atomic E-state index is 0.113. The van der Waals surface area contributed by atoms with Crippen LogP contribution in [-0.2, 0) is 11.3 Å². The molecule has 1 fully saturated rings. The zero-order chi connectivity index (χ0) is 14.5. The molecule has 0 radical (unpaired) electrons. The van der Waals surface area contributed by atoms with E-state index >= 15 is 0 Å². The Labute approximate surface area is 121 Å². The van der Waals surface area contributed by atoms with Crippen LogP contribution in [0.2, 0.25) is 0 Å². The Bertz CT molecular complexity index is 449. The molecule has 20 heavy (non-hydrogen) atoms. The first kappa shape index (κ1) is 15.0. The van der Waals surface area contributed by atoms with E-state index in [0.717, 1.165) is 43.9 Å². The van der Waals surface area contributed by atoms with Gasteiger partial charge in [0.15, 0.2) is 0 Å². The Morgan fingerprint density at radius 1 is 1.50 bits per heavy atom. The van der Waals surface area contributed by atoms with Gasteiger partial charge in [0.05, 0.1) is 12.2 Å². The van der Waals surface area contributed by atoms with Crippen LogP contribution in [-0.4, -0.2) is 34.8 Å². The van der Waals surface area contributed by atoms with Gasteiger partial charge in [-0.25, -0.2) is 0 Å². The molecule has 5 heteroatoms. The lowest BCUT2D eigenvalue weighted by Crippen LogP contribution is -2.38. The van der Waals surface area contributed by atoms with Crippen LogP contribution in [0.1, 0.15) is 37.6 Å². The maximum absolute atomic E-state index is 12.0. The van der Waals surface area contributed by atoms with E-state index < -0.39 is 0 Å². The predicted octanol–water partition coefficient (Wildman–Crippen LogP) is 1.39.